The van der Waals surface area contributed by atoms with Gasteiger partial charge in [0.1, 0.15) is 22.1 Å². The number of unbranched alkanes of at least 4 members (excludes halogenated alkanes) is 2. The van der Waals surface area contributed by atoms with Crippen LogP contribution in [0.4, 0.5) is 5.00 Å². The lowest BCUT2D eigenvalue weighted by atomic mass is 9.80. The van der Waals surface area contributed by atoms with Gasteiger partial charge in [0, 0.05) is 26.1 Å². The highest BCUT2D eigenvalue weighted by molar-refractivity contribution is 7.16. The number of nitrogens with one attached hydrogen (secondary N) is 2. The summed E-state index contributed by atoms with van der Waals surface area (Å²) in [7, 11) is 3.96. The van der Waals surface area contributed by atoms with E-state index in [9.17, 15) is 4.79 Å². The number of hydrogen-bond donors (Lipinski definition) is 2. The van der Waals surface area contributed by atoms with E-state index in [1.54, 1.807) is 11.3 Å². The summed E-state index contributed by atoms with van der Waals surface area (Å²) in [6.07, 6.45) is 7.20. The van der Waals surface area contributed by atoms with Crippen molar-refractivity contribution >= 4 is 33.4 Å². The van der Waals surface area contributed by atoms with E-state index in [4.69, 9.17) is 4.74 Å². The molecule has 174 valence electrons. The van der Waals surface area contributed by atoms with Crippen LogP contribution in [0, 0.1) is 0 Å². The topological polar surface area (TPSA) is 96.0 Å². The lowest BCUT2D eigenvalue weighted by molar-refractivity contribution is -0.117. The number of carbonyl (C=O) groups excluding carboxylic acids is 1. The highest BCUT2D eigenvalue weighted by atomic mass is 32.1. The molecule has 1 amide bonds. The third-order valence-electron chi connectivity index (χ3n) is 5.80. The number of benzene rings is 1. The minimum absolute atomic E-state index is 0.197. The van der Waals surface area contributed by atoms with Crippen LogP contribution in [-0.2, 0) is 10.3 Å². The van der Waals surface area contributed by atoms with Gasteiger partial charge in [-0.05, 0) is 31.0 Å². The molecular formula is C24H30N6O2S. The van der Waals surface area contributed by atoms with Crippen LogP contribution in [0.5, 0.6) is 5.75 Å². The molecule has 0 saturated heterocycles. The number of carbonyl (C=O) groups is 1. The molecule has 0 bridgehead atoms. The molecule has 8 nitrogen and oxygen atoms in total. The smallest absolute Gasteiger partial charge is 0.256 e. The van der Waals surface area contributed by atoms with Crippen LogP contribution < -0.4 is 15.0 Å². The molecule has 33 heavy (non-hydrogen) atoms. The summed E-state index contributed by atoms with van der Waals surface area (Å²) in [5.74, 6) is 1.09. The quantitative estimate of drug-likeness (QED) is 0.458. The number of thiazole rings is 1. The molecule has 9 heteroatoms. The number of aromatic amines is 1. The van der Waals surface area contributed by atoms with E-state index in [-0.39, 0.29) is 5.91 Å². The summed E-state index contributed by atoms with van der Waals surface area (Å²) < 4.78 is 5.86. The Balaban J connectivity index is 1.65. The summed E-state index contributed by atoms with van der Waals surface area (Å²) in [5, 5.41) is 11.8. The molecule has 0 spiro atoms. The highest BCUT2D eigenvalue weighted by Crippen LogP contribution is 2.43. The fourth-order valence-corrected chi connectivity index (χ4v) is 4.83. The minimum Gasteiger partial charge on any atom is -0.494 e. The van der Waals surface area contributed by atoms with Crippen molar-refractivity contribution in [2.75, 3.05) is 25.6 Å². The third-order valence-corrected chi connectivity index (χ3v) is 7.03. The predicted octanol–water partition coefficient (Wildman–Crippen LogP) is 4.24. The minimum atomic E-state index is -0.597. The van der Waals surface area contributed by atoms with Crippen LogP contribution in [0.3, 0.4) is 0 Å². The number of ether oxygens (including phenoxy) is 1. The molecule has 4 rings (SSSR count). The molecule has 2 aromatic heterocycles. The summed E-state index contributed by atoms with van der Waals surface area (Å²) in [6.45, 7) is 4.93. The van der Waals surface area contributed by atoms with Gasteiger partial charge in [0.25, 0.3) is 5.91 Å². The number of anilines is 1. The van der Waals surface area contributed by atoms with E-state index in [2.05, 4.69) is 32.4 Å². The fraction of sp³-hybridized carbons (Fsp3) is 0.417. The zero-order valence-electron chi connectivity index (χ0n) is 19.5. The van der Waals surface area contributed by atoms with E-state index >= 15 is 0 Å². The van der Waals surface area contributed by atoms with Crippen LogP contribution in [0.2, 0.25) is 0 Å². The Kier molecular flexibility index (Phi) is 6.78. The Morgan fingerprint density at radius 3 is 2.61 bits per heavy atom. The number of nitrogens with zero attached hydrogens (tertiary/aromatic N) is 4. The standard InChI is InChI=1S/C24H30N6O2S/c1-5-6-7-12-32-17-10-8-16(9-11-17)24(2)13-18(23-25-14-19(33-23)30(3)4)20(22(31)28-24)21-26-15-27-29-21/h8-11,14-15H,5-7,12-13H2,1-4H3,(H,28,31)(H,26,27,29). The van der Waals surface area contributed by atoms with Gasteiger partial charge < -0.3 is 15.0 Å². The van der Waals surface area contributed by atoms with Gasteiger partial charge in [-0.2, -0.15) is 5.10 Å². The molecule has 0 radical (unpaired) electrons. The lowest BCUT2D eigenvalue weighted by Crippen LogP contribution is -2.47. The van der Waals surface area contributed by atoms with Gasteiger partial charge in [-0.15, -0.1) is 0 Å². The average molecular weight is 467 g/mol. The van der Waals surface area contributed by atoms with Crippen LogP contribution in [0.1, 0.15) is 55.9 Å². The van der Waals surface area contributed by atoms with Crippen molar-refractivity contribution in [2.45, 2.75) is 45.1 Å². The molecule has 0 aliphatic carbocycles. The van der Waals surface area contributed by atoms with Gasteiger partial charge in [0.2, 0.25) is 0 Å². The van der Waals surface area contributed by atoms with Crippen molar-refractivity contribution in [3.8, 4) is 5.75 Å². The first-order chi connectivity index (χ1) is 15.9. The number of rotatable bonds is 9. The van der Waals surface area contributed by atoms with Crippen LogP contribution >= 0.6 is 11.3 Å². The zero-order valence-corrected chi connectivity index (χ0v) is 20.3. The predicted molar refractivity (Wildman–Crippen MR) is 131 cm³/mol. The Bertz CT molecular complexity index is 1120. The summed E-state index contributed by atoms with van der Waals surface area (Å²) in [6, 6.07) is 8.00. The number of H-pyrrole nitrogens is 1. The van der Waals surface area contributed by atoms with E-state index in [1.807, 2.05) is 56.4 Å². The molecule has 1 unspecified atom stereocenters. The first kappa shape index (κ1) is 23.0. The molecule has 1 aliphatic rings. The first-order valence-electron chi connectivity index (χ1n) is 11.2. The van der Waals surface area contributed by atoms with Crippen molar-refractivity contribution in [1.29, 1.82) is 0 Å². The molecule has 2 N–H and O–H groups in total. The average Bonchev–Trinajstić information content (AvgIpc) is 3.49. The SMILES string of the molecule is CCCCCOc1ccc(C2(C)CC(c3ncc(N(C)C)s3)=C(c3ncn[nH]3)C(=O)N2)cc1. The molecule has 3 heterocycles. The Labute approximate surface area is 198 Å². The van der Waals surface area contributed by atoms with E-state index in [1.165, 1.54) is 12.7 Å². The molecule has 0 saturated carbocycles. The van der Waals surface area contributed by atoms with Crippen LogP contribution in [0.25, 0.3) is 11.1 Å². The largest absolute Gasteiger partial charge is 0.494 e. The molecule has 0 fully saturated rings. The second kappa shape index (κ2) is 9.74. The van der Waals surface area contributed by atoms with Gasteiger partial charge in [-0.3, -0.25) is 9.89 Å². The number of amides is 1. The summed E-state index contributed by atoms with van der Waals surface area (Å²) >= 11 is 1.56. The first-order valence-corrected chi connectivity index (χ1v) is 12.0. The highest BCUT2D eigenvalue weighted by Gasteiger charge is 2.39. The van der Waals surface area contributed by atoms with Crippen LogP contribution in [-0.4, -0.2) is 46.8 Å². The molecule has 1 aromatic carbocycles. The van der Waals surface area contributed by atoms with Gasteiger partial charge in [0.15, 0.2) is 5.82 Å². The van der Waals surface area contributed by atoms with Crippen molar-refractivity contribution < 1.29 is 9.53 Å². The van der Waals surface area contributed by atoms with Gasteiger partial charge >= 0.3 is 0 Å². The van der Waals surface area contributed by atoms with Crippen molar-refractivity contribution in [3.63, 3.8) is 0 Å². The van der Waals surface area contributed by atoms with Crippen molar-refractivity contribution in [3.05, 3.63) is 53.2 Å². The summed E-state index contributed by atoms with van der Waals surface area (Å²) in [5.41, 5.74) is 1.76. The van der Waals surface area contributed by atoms with E-state index in [0.29, 0.717) is 24.4 Å². The lowest BCUT2D eigenvalue weighted by Gasteiger charge is -2.36. The Hall–Kier alpha value is -3.20. The molecule has 1 aliphatic heterocycles. The second-order valence-corrected chi connectivity index (χ2v) is 9.64. The van der Waals surface area contributed by atoms with Gasteiger partial charge in [0.05, 0.1) is 23.9 Å². The zero-order chi connectivity index (χ0) is 23.4. The van der Waals surface area contributed by atoms with Crippen molar-refractivity contribution in [1.82, 2.24) is 25.5 Å². The summed E-state index contributed by atoms with van der Waals surface area (Å²) in [4.78, 5) is 24.3. The molecule has 1 atom stereocenters. The van der Waals surface area contributed by atoms with E-state index < -0.39 is 5.54 Å². The van der Waals surface area contributed by atoms with E-state index in [0.717, 1.165) is 39.7 Å². The van der Waals surface area contributed by atoms with Crippen LogP contribution in [0.15, 0.2) is 36.8 Å². The number of hydrogen-bond acceptors (Lipinski definition) is 7. The third kappa shape index (κ3) is 4.93. The van der Waals surface area contributed by atoms with Gasteiger partial charge in [-0.25, -0.2) is 9.97 Å². The maximum Gasteiger partial charge on any atom is 0.256 e. The Morgan fingerprint density at radius 1 is 1.18 bits per heavy atom. The monoisotopic (exact) mass is 466 g/mol. The fourth-order valence-electron chi connectivity index (χ4n) is 3.94. The second-order valence-electron chi connectivity index (χ2n) is 8.63. The van der Waals surface area contributed by atoms with Crippen molar-refractivity contribution in [2.24, 2.45) is 0 Å². The molecule has 3 aromatic rings. The molecular weight excluding hydrogens is 436 g/mol. The Morgan fingerprint density at radius 2 is 1.97 bits per heavy atom. The maximum absolute atomic E-state index is 13.4. The normalized spacial score (nSPS) is 18.4. The van der Waals surface area contributed by atoms with Gasteiger partial charge in [-0.1, -0.05) is 43.2 Å². The maximum atomic E-state index is 13.4. The number of aromatic nitrogens is 4.